The van der Waals surface area contributed by atoms with E-state index in [1.54, 1.807) is 0 Å². The van der Waals surface area contributed by atoms with Crippen LogP contribution >= 0.6 is 23.4 Å². The molecular formula is C16H22ClNOS. The van der Waals surface area contributed by atoms with Gasteiger partial charge in [0.2, 0.25) is 0 Å². The van der Waals surface area contributed by atoms with Gasteiger partial charge in [0.25, 0.3) is 5.24 Å². The van der Waals surface area contributed by atoms with Crippen LogP contribution in [0.1, 0.15) is 38.7 Å². The van der Waals surface area contributed by atoms with Crippen molar-refractivity contribution in [1.82, 2.24) is 4.90 Å². The van der Waals surface area contributed by atoms with Gasteiger partial charge in [0, 0.05) is 23.4 Å². The fourth-order valence-electron chi connectivity index (χ4n) is 2.57. The third kappa shape index (κ3) is 4.16. The Morgan fingerprint density at radius 2 is 2.00 bits per heavy atom. The third-order valence-electron chi connectivity index (χ3n) is 4.13. The molecule has 110 valence electrons. The van der Waals surface area contributed by atoms with E-state index in [0.29, 0.717) is 17.7 Å². The fourth-order valence-corrected chi connectivity index (χ4v) is 3.60. The van der Waals surface area contributed by atoms with Crippen LogP contribution < -0.4 is 0 Å². The molecule has 0 radical (unpaired) electrons. The van der Waals surface area contributed by atoms with E-state index < -0.39 is 0 Å². The topological polar surface area (TPSA) is 20.3 Å². The lowest BCUT2D eigenvalue weighted by molar-refractivity contribution is 0.189. The van der Waals surface area contributed by atoms with Crippen LogP contribution in [0, 0.1) is 5.92 Å². The Labute approximate surface area is 130 Å². The summed E-state index contributed by atoms with van der Waals surface area (Å²) in [5.74, 6) is 1.31. The molecule has 1 aliphatic rings. The second-order valence-electron chi connectivity index (χ2n) is 5.59. The van der Waals surface area contributed by atoms with Crippen molar-refractivity contribution in [2.45, 2.75) is 44.9 Å². The molecule has 4 heteroatoms. The maximum absolute atomic E-state index is 12.4. The van der Waals surface area contributed by atoms with E-state index in [0.717, 1.165) is 23.6 Å². The quantitative estimate of drug-likeness (QED) is 0.748. The zero-order valence-electron chi connectivity index (χ0n) is 12.1. The average molecular weight is 312 g/mol. The summed E-state index contributed by atoms with van der Waals surface area (Å²) in [7, 11) is 0. The van der Waals surface area contributed by atoms with Gasteiger partial charge in [0.15, 0.2) is 0 Å². The van der Waals surface area contributed by atoms with Crippen molar-refractivity contribution < 1.29 is 4.79 Å². The number of carbonyl (C=O) groups excluding carboxylic acids is 1. The van der Waals surface area contributed by atoms with Crippen LogP contribution in [0.2, 0.25) is 5.02 Å². The summed E-state index contributed by atoms with van der Waals surface area (Å²) in [6, 6.07) is 8.06. The lowest BCUT2D eigenvalue weighted by Crippen LogP contribution is -2.39. The molecular weight excluding hydrogens is 290 g/mol. The van der Waals surface area contributed by atoms with Gasteiger partial charge >= 0.3 is 0 Å². The van der Waals surface area contributed by atoms with Gasteiger partial charge < -0.3 is 4.90 Å². The first kappa shape index (κ1) is 15.7. The molecule has 2 rings (SSSR count). The van der Waals surface area contributed by atoms with Gasteiger partial charge in [0.1, 0.15) is 0 Å². The minimum atomic E-state index is 0.209. The molecule has 1 aromatic rings. The summed E-state index contributed by atoms with van der Waals surface area (Å²) < 4.78 is 0. The van der Waals surface area contributed by atoms with Crippen molar-refractivity contribution in [2.24, 2.45) is 5.92 Å². The highest BCUT2D eigenvalue weighted by Crippen LogP contribution is 2.26. The molecule has 20 heavy (non-hydrogen) atoms. The summed E-state index contributed by atoms with van der Waals surface area (Å²) in [5, 5.41) is 0.946. The van der Waals surface area contributed by atoms with Crippen LogP contribution in [0.3, 0.4) is 0 Å². The SMILES string of the molecule is CC1CCCCN(C(=O)SCc2ccc(Cl)cc2)C1C. The lowest BCUT2D eigenvalue weighted by Gasteiger charge is -2.30. The molecule has 0 bridgehead atoms. The van der Waals surface area contributed by atoms with Gasteiger partial charge in [-0.2, -0.15) is 0 Å². The number of thioether (sulfide) groups is 1. The van der Waals surface area contributed by atoms with Crippen LogP contribution in [-0.2, 0) is 5.75 Å². The molecule has 1 fully saturated rings. The Hall–Kier alpha value is -0.670. The number of benzene rings is 1. The van der Waals surface area contributed by atoms with Gasteiger partial charge in [-0.3, -0.25) is 4.79 Å². The zero-order valence-corrected chi connectivity index (χ0v) is 13.7. The van der Waals surface area contributed by atoms with Crippen molar-refractivity contribution in [3.8, 4) is 0 Å². The minimum Gasteiger partial charge on any atom is -0.331 e. The Morgan fingerprint density at radius 3 is 2.70 bits per heavy atom. The molecule has 0 saturated carbocycles. The molecule has 0 N–H and O–H groups in total. The van der Waals surface area contributed by atoms with Crippen molar-refractivity contribution in [3.05, 3.63) is 34.9 Å². The zero-order chi connectivity index (χ0) is 14.5. The highest BCUT2D eigenvalue weighted by Gasteiger charge is 2.26. The number of hydrogen-bond acceptors (Lipinski definition) is 2. The smallest absolute Gasteiger partial charge is 0.282 e. The molecule has 2 nitrogen and oxygen atoms in total. The molecule has 1 aliphatic heterocycles. The molecule has 2 atom stereocenters. The number of hydrogen-bond donors (Lipinski definition) is 0. The van der Waals surface area contributed by atoms with E-state index in [9.17, 15) is 4.79 Å². The van der Waals surface area contributed by atoms with Crippen molar-refractivity contribution >= 4 is 28.6 Å². The van der Waals surface area contributed by atoms with Crippen LogP contribution in [0.5, 0.6) is 0 Å². The van der Waals surface area contributed by atoms with Crippen molar-refractivity contribution in [1.29, 1.82) is 0 Å². The molecule has 1 amide bonds. The van der Waals surface area contributed by atoms with E-state index in [1.165, 1.54) is 24.6 Å². The normalized spacial score (nSPS) is 23.4. The van der Waals surface area contributed by atoms with E-state index in [2.05, 4.69) is 18.7 Å². The van der Waals surface area contributed by atoms with Gasteiger partial charge in [-0.15, -0.1) is 0 Å². The van der Waals surface area contributed by atoms with Crippen molar-refractivity contribution in [3.63, 3.8) is 0 Å². The number of amides is 1. The van der Waals surface area contributed by atoms with E-state index in [4.69, 9.17) is 11.6 Å². The molecule has 1 saturated heterocycles. The molecule has 0 aromatic heterocycles. The summed E-state index contributed by atoms with van der Waals surface area (Å²) >= 11 is 7.27. The van der Waals surface area contributed by atoms with Gasteiger partial charge in [0.05, 0.1) is 0 Å². The summed E-state index contributed by atoms with van der Waals surface area (Å²) in [5.41, 5.74) is 1.14. The standard InChI is InChI=1S/C16H22ClNOS/c1-12-5-3-4-10-18(13(12)2)16(19)20-11-14-6-8-15(17)9-7-14/h6-9,12-13H,3-5,10-11H2,1-2H3. The van der Waals surface area contributed by atoms with E-state index in [-0.39, 0.29) is 5.24 Å². The maximum Gasteiger partial charge on any atom is 0.282 e. The predicted molar refractivity (Wildman–Crippen MR) is 87.3 cm³/mol. The number of rotatable bonds is 2. The molecule has 1 aromatic carbocycles. The lowest BCUT2D eigenvalue weighted by atomic mass is 9.99. The fraction of sp³-hybridized carbons (Fsp3) is 0.562. The number of halogens is 1. The summed E-state index contributed by atoms with van der Waals surface area (Å²) in [6.07, 6.45) is 3.59. The highest BCUT2D eigenvalue weighted by molar-refractivity contribution is 8.12. The number of nitrogens with zero attached hydrogens (tertiary/aromatic N) is 1. The molecule has 0 aliphatic carbocycles. The Bertz CT molecular complexity index is 448. The van der Waals surface area contributed by atoms with Crippen molar-refractivity contribution in [2.75, 3.05) is 6.54 Å². The first-order valence-corrected chi connectivity index (χ1v) is 8.62. The van der Waals surface area contributed by atoms with E-state index in [1.807, 2.05) is 24.3 Å². The van der Waals surface area contributed by atoms with Gasteiger partial charge in [-0.05, 0) is 43.4 Å². The minimum absolute atomic E-state index is 0.209. The maximum atomic E-state index is 12.4. The van der Waals surface area contributed by atoms with Gasteiger partial charge in [-0.1, -0.05) is 48.8 Å². The highest BCUT2D eigenvalue weighted by atomic mass is 35.5. The second-order valence-corrected chi connectivity index (χ2v) is 6.95. The van der Waals surface area contributed by atoms with Crippen LogP contribution in [0.25, 0.3) is 0 Å². The predicted octanol–water partition coefficient (Wildman–Crippen LogP) is 5.20. The second kappa shape index (κ2) is 7.37. The Balaban J connectivity index is 1.91. The van der Waals surface area contributed by atoms with E-state index >= 15 is 0 Å². The van der Waals surface area contributed by atoms with Gasteiger partial charge in [-0.25, -0.2) is 0 Å². The van der Waals surface area contributed by atoms with Crippen LogP contribution in [-0.4, -0.2) is 22.7 Å². The Morgan fingerprint density at radius 1 is 1.30 bits per heavy atom. The number of carbonyl (C=O) groups is 1. The average Bonchev–Trinajstić information content (AvgIpc) is 2.61. The molecule has 2 unspecified atom stereocenters. The van der Waals surface area contributed by atoms with Crippen LogP contribution in [0.4, 0.5) is 4.79 Å². The third-order valence-corrected chi connectivity index (χ3v) is 5.34. The Kier molecular flexibility index (Phi) is 5.79. The number of likely N-dealkylation sites (tertiary alicyclic amines) is 1. The largest absolute Gasteiger partial charge is 0.331 e. The molecule has 1 heterocycles. The first-order valence-electron chi connectivity index (χ1n) is 7.26. The summed E-state index contributed by atoms with van der Waals surface area (Å²) in [4.78, 5) is 14.5. The summed E-state index contributed by atoms with van der Waals surface area (Å²) in [6.45, 7) is 5.33. The molecule has 0 spiro atoms. The monoisotopic (exact) mass is 311 g/mol. The first-order chi connectivity index (χ1) is 9.58. The van der Waals surface area contributed by atoms with Crippen LogP contribution in [0.15, 0.2) is 24.3 Å².